The average Bonchev–Trinajstić information content (AvgIpc) is 2.76. The standard InChI is InChI=1S/C12H20N4/c1-9-6-14-12(15-7-9)16-8-11-4-2-3-10(11)5-13/h6-7,10-11H,2-5,8,13H2,1H3,(H,14,15,16). The Hall–Kier alpha value is -1.16. The molecule has 0 saturated heterocycles. The van der Waals surface area contributed by atoms with Crippen molar-refractivity contribution >= 4 is 5.95 Å². The summed E-state index contributed by atoms with van der Waals surface area (Å²) in [5.41, 5.74) is 6.84. The van der Waals surface area contributed by atoms with Gasteiger partial charge in [0.25, 0.3) is 0 Å². The second-order valence-electron chi connectivity index (χ2n) is 4.65. The molecule has 0 aliphatic heterocycles. The van der Waals surface area contributed by atoms with Crippen molar-refractivity contribution in [3.05, 3.63) is 18.0 Å². The smallest absolute Gasteiger partial charge is 0.222 e. The second-order valence-corrected chi connectivity index (χ2v) is 4.65. The number of aromatic nitrogens is 2. The zero-order chi connectivity index (χ0) is 11.4. The highest BCUT2D eigenvalue weighted by molar-refractivity contribution is 5.24. The third kappa shape index (κ3) is 2.70. The fourth-order valence-corrected chi connectivity index (χ4v) is 2.40. The van der Waals surface area contributed by atoms with Crippen LogP contribution in [0.4, 0.5) is 5.95 Å². The van der Waals surface area contributed by atoms with Gasteiger partial charge in [0.15, 0.2) is 0 Å². The van der Waals surface area contributed by atoms with Crippen molar-refractivity contribution in [3.8, 4) is 0 Å². The summed E-state index contributed by atoms with van der Waals surface area (Å²) in [5.74, 6) is 2.10. The Morgan fingerprint density at radius 2 is 2.00 bits per heavy atom. The fourth-order valence-electron chi connectivity index (χ4n) is 2.40. The van der Waals surface area contributed by atoms with E-state index in [2.05, 4.69) is 15.3 Å². The molecule has 1 saturated carbocycles. The van der Waals surface area contributed by atoms with Crippen LogP contribution in [-0.4, -0.2) is 23.1 Å². The number of aryl methyl sites for hydroxylation is 1. The molecule has 3 N–H and O–H groups in total. The molecule has 1 fully saturated rings. The van der Waals surface area contributed by atoms with Crippen LogP contribution in [0.3, 0.4) is 0 Å². The van der Waals surface area contributed by atoms with Crippen LogP contribution in [0.15, 0.2) is 12.4 Å². The molecule has 0 bridgehead atoms. The third-order valence-electron chi connectivity index (χ3n) is 3.42. The summed E-state index contributed by atoms with van der Waals surface area (Å²) in [6.45, 7) is 3.75. The lowest BCUT2D eigenvalue weighted by atomic mass is 9.96. The van der Waals surface area contributed by atoms with Gasteiger partial charge in [-0.1, -0.05) is 6.42 Å². The van der Waals surface area contributed by atoms with E-state index in [1.807, 2.05) is 19.3 Å². The van der Waals surface area contributed by atoms with Crippen LogP contribution in [0.5, 0.6) is 0 Å². The number of nitrogens with one attached hydrogen (secondary N) is 1. The summed E-state index contributed by atoms with van der Waals surface area (Å²) in [6, 6.07) is 0. The molecule has 1 aromatic rings. The summed E-state index contributed by atoms with van der Waals surface area (Å²) < 4.78 is 0. The van der Waals surface area contributed by atoms with Gasteiger partial charge in [-0.2, -0.15) is 0 Å². The molecule has 0 aromatic carbocycles. The topological polar surface area (TPSA) is 63.8 Å². The highest BCUT2D eigenvalue weighted by Gasteiger charge is 2.25. The van der Waals surface area contributed by atoms with Crippen molar-refractivity contribution in [3.63, 3.8) is 0 Å². The molecule has 2 rings (SSSR count). The Bertz CT molecular complexity index is 322. The van der Waals surface area contributed by atoms with Gasteiger partial charge in [0.2, 0.25) is 5.95 Å². The SMILES string of the molecule is Cc1cnc(NCC2CCCC2CN)nc1. The highest BCUT2D eigenvalue weighted by Crippen LogP contribution is 2.30. The van der Waals surface area contributed by atoms with E-state index in [0.29, 0.717) is 11.8 Å². The molecule has 1 aliphatic rings. The van der Waals surface area contributed by atoms with E-state index in [9.17, 15) is 0 Å². The Balaban J connectivity index is 1.85. The van der Waals surface area contributed by atoms with Crippen LogP contribution >= 0.6 is 0 Å². The predicted octanol–water partition coefficient (Wildman–Crippen LogP) is 1.57. The maximum atomic E-state index is 5.75. The first-order chi connectivity index (χ1) is 7.79. The largest absolute Gasteiger partial charge is 0.354 e. The number of anilines is 1. The molecule has 1 aliphatic carbocycles. The molecule has 0 amide bonds. The van der Waals surface area contributed by atoms with Crippen LogP contribution in [0.2, 0.25) is 0 Å². The first-order valence-corrected chi connectivity index (χ1v) is 6.02. The first-order valence-electron chi connectivity index (χ1n) is 6.02. The minimum absolute atomic E-state index is 0.679. The lowest BCUT2D eigenvalue weighted by Crippen LogP contribution is -2.24. The second kappa shape index (κ2) is 5.25. The van der Waals surface area contributed by atoms with Crippen LogP contribution in [-0.2, 0) is 0 Å². The monoisotopic (exact) mass is 220 g/mol. The van der Waals surface area contributed by atoms with Crippen LogP contribution in [0.25, 0.3) is 0 Å². The van der Waals surface area contributed by atoms with Gasteiger partial charge in [-0.05, 0) is 43.7 Å². The maximum Gasteiger partial charge on any atom is 0.222 e. The van der Waals surface area contributed by atoms with Gasteiger partial charge < -0.3 is 11.1 Å². The zero-order valence-corrected chi connectivity index (χ0v) is 9.82. The third-order valence-corrected chi connectivity index (χ3v) is 3.42. The molecule has 16 heavy (non-hydrogen) atoms. The minimum Gasteiger partial charge on any atom is -0.354 e. The van der Waals surface area contributed by atoms with E-state index in [1.165, 1.54) is 19.3 Å². The van der Waals surface area contributed by atoms with Gasteiger partial charge in [-0.15, -0.1) is 0 Å². The van der Waals surface area contributed by atoms with Crippen LogP contribution in [0.1, 0.15) is 24.8 Å². The molecule has 0 spiro atoms. The lowest BCUT2D eigenvalue weighted by Gasteiger charge is -2.18. The summed E-state index contributed by atoms with van der Waals surface area (Å²) in [7, 11) is 0. The normalized spacial score (nSPS) is 24.6. The van der Waals surface area contributed by atoms with Crippen molar-refractivity contribution < 1.29 is 0 Å². The van der Waals surface area contributed by atoms with E-state index in [4.69, 9.17) is 5.73 Å². The van der Waals surface area contributed by atoms with Crippen molar-refractivity contribution in [2.75, 3.05) is 18.4 Å². The zero-order valence-electron chi connectivity index (χ0n) is 9.82. The lowest BCUT2D eigenvalue weighted by molar-refractivity contribution is 0.414. The predicted molar refractivity (Wildman–Crippen MR) is 65.1 cm³/mol. The molecule has 4 nitrogen and oxygen atoms in total. The van der Waals surface area contributed by atoms with Crippen molar-refractivity contribution in [2.24, 2.45) is 17.6 Å². The molecule has 1 heterocycles. The Morgan fingerprint density at radius 1 is 1.31 bits per heavy atom. The molecule has 4 heteroatoms. The van der Waals surface area contributed by atoms with Gasteiger partial charge in [0.1, 0.15) is 0 Å². The van der Waals surface area contributed by atoms with E-state index in [0.717, 1.165) is 24.6 Å². The Labute approximate surface area is 96.7 Å². The molecular weight excluding hydrogens is 200 g/mol. The fraction of sp³-hybridized carbons (Fsp3) is 0.667. The minimum atomic E-state index is 0.679. The van der Waals surface area contributed by atoms with E-state index in [-0.39, 0.29) is 0 Å². The van der Waals surface area contributed by atoms with Crippen LogP contribution < -0.4 is 11.1 Å². The number of hydrogen-bond acceptors (Lipinski definition) is 4. The average molecular weight is 220 g/mol. The number of hydrogen-bond donors (Lipinski definition) is 2. The first kappa shape index (κ1) is 11.3. The summed E-state index contributed by atoms with van der Waals surface area (Å²) in [5, 5.41) is 3.30. The van der Waals surface area contributed by atoms with Gasteiger partial charge in [-0.25, -0.2) is 9.97 Å². The molecule has 2 unspecified atom stereocenters. The Morgan fingerprint density at radius 3 is 2.69 bits per heavy atom. The number of nitrogens with zero attached hydrogens (tertiary/aromatic N) is 2. The van der Waals surface area contributed by atoms with Gasteiger partial charge in [0.05, 0.1) is 0 Å². The maximum absolute atomic E-state index is 5.75. The summed E-state index contributed by atoms with van der Waals surface area (Å²) in [6.07, 6.45) is 7.54. The number of nitrogens with two attached hydrogens (primary N) is 1. The highest BCUT2D eigenvalue weighted by atomic mass is 15.1. The van der Waals surface area contributed by atoms with Crippen molar-refractivity contribution in [1.82, 2.24) is 9.97 Å². The summed E-state index contributed by atoms with van der Waals surface area (Å²) in [4.78, 5) is 8.47. The molecule has 88 valence electrons. The van der Waals surface area contributed by atoms with Gasteiger partial charge in [-0.3, -0.25) is 0 Å². The molecular formula is C12H20N4. The molecule has 1 aromatic heterocycles. The Kier molecular flexibility index (Phi) is 3.72. The van der Waals surface area contributed by atoms with E-state index < -0.39 is 0 Å². The molecule has 0 radical (unpaired) electrons. The molecule has 2 atom stereocenters. The van der Waals surface area contributed by atoms with E-state index >= 15 is 0 Å². The van der Waals surface area contributed by atoms with Crippen molar-refractivity contribution in [1.29, 1.82) is 0 Å². The van der Waals surface area contributed by atoms with Crippen LogP contribution in [0, 0.1) is 18.8 Å². The van der Waals surface area contributed by atoms with Crippen molar-refractivity contribution in [2.45, 2.75) is 26.2 Å². The number of rotatable bonds is 4. The summed E-state index contributed by atoms with van der Waals surface area (Å²) >= 11 is 0. The van der Waals surface area contributed by atoms with Gasteiger partial charge in [0, 0.05) is 18.9 Å². The quantitative estimate of drug-likeness (QED) is 0.808. The van der Waals surface area contributed by atoms with E-state index in [1.54, 1.807) is 0 Å². The van der Waals surface area contributed by atoms with Gasteiger partial charge >= 0.3 is 0 Å².